The highest BCUT2D eigenvalue weighted by molar-refractivity contribution is 8.01. The van der Waals surface area contributed by atoms with Gasteiger partial charge in [-0.3, -0.25) is 33.7 Å². The number of phenols is 1. The predicted molar refractivity (Wildman–Crippen MR) is 137 cm³/mol. The summed E-state index contributed by atoms with van der Waals surface area (Å²) >= 11 is 1.06. The molecule has 1 aromatic carbocycles. The quantitative estimate of drug-likeness (QED) is 0.140. The first-order valence-electron chi connectivity index (χ1n) is 12.3. The summed E-state index contributed by atoms with van der Waals surface area (Å²) in [5, 5.41) is 25.7. The second-order valence-corrected chi connectivity index (χ2v) is 11.5. The molecule has 0 radical (unpaired) electrons. The third-order valence-corrected chi connectivity index (χ3v) is 8.94. The van der Waals surface area contributed by atoms with Gasteiger partial charge in [0.1, 0.15) is 17.2 Å². The highest BCUT2D eigenvalue weighted by atomic mass is 32.2. The number of carbonyl (C=O) groups excluding carboxylic acids is 6. The number of rotatable bonds is 10. The highest BCUT2D eigenvalue weighted by Crippen LogP contribution is 2.55. The van der Waals surface area contributed by atoms with Crippen molar-refractivity contribution in [2.45, 2.75) is 48.6 Å². The van der Waals surface area contributed by atoms with Crippen molar-refractivity contribution in [1.29, 1.82) is 0 Å². The van der Waals surface area contributed by atoms with Crippen LogP contribution in [0.25, 0.3) is 0 Å². The second kappa shape index (κ2) is 10.3. The number of nitrogens with zero attached hydrogens (tertiary/aromatic N) is 4. The summed E-state index contributed by atoms with van der Waals surface area (Å²) < 4.78 is -1.34. The molecule has 0 saturated carbocycles. The van der Waals surface area contributed by atoms with Crippen molar-refractivity contribution >= 4 is 54.2 Å². The maximum absolute atomic E-state index is 14.0. The van der Waals surface area contributed by atoms with Crippen LogP contribution in [0.3, 0.4) is 0 Å². The van der Waals surface area contributed by atoms with Crippen molar-refractivity contribution in [2.24, 2.45) is 0 Å². The van der Waals surface area contributed by atoms with Crippen LogP contribution in [0.2, 0.25) is 0 Å². The zero-order chi connectivity index (χ0) is 29.6. The number of amides is 6. The first-order valence-corrected chi connectivity index (χ1v) is 13.1. The number of benzene rings is 1. The van der Waals surface area contributed by atoms with Gasteiger partial charge in [-0.2, -0.15) is 0 Å². The summed E-state index contributed by atoms with van der Waals surface area (Å²) in [6, 6.07) is 2.38. The van der Waals surface area contributed by atoms with E-state index in [1.807, 2.05) is 0 Å². The molecule has 0 spiro atoms. The van der Waals surface area contributed by atoms with Crippen molar-refractivity contribution < 1.29 is 43.8 Å². The number of hydrazine groups is 1. The molecule has 4 atom stereocenters. The minimum absolute atomic E-state index is 0.0765. The van der Waals surface area contributed by atoms with Crippen molar-refractivity contribution in [3.05, 3.63) is 29.8 Å². The number of aliphatic carboxylic acids is 1. The van der Waals surface area contributed by atoms with Gasteiger partial charge in [-0.15, -0.1) is 11.8 Å². The zero-order valence-corrected chi connectivity index (χ0v) is 22.6. The van der Waals surface area contributed by atoms with Gasteiger partial charge in [0.05, 0.1) is 11.3 Å². The number of thioether (sulfide) groups is 1. The maximum atomic E-state index is 14.0. The van der Waals surface area contributed by atoms with Gasteiger partial charge in [-0.25, -0.2) is 14.8 Å². The molecule has 6 amide bonds. The van der Waals surface area contributed by atoms with Crippen LogP contribution in [0.4, 0.5) is 0 Å². The van der Waals surface area contributed by atoms with E-state index < -0.39 is 57.5 Å². The number of hydrogen-bond acceptors (Lipinski definition) is 9. The molecule has 16 heteroatoms. The molecule has 1 unspecified atom stereocenters. The van der Waals surface area contributed by atoms with Gasteiger partial charge in [0.25, 0.3) is 11.8 Å². The van der Waals surface area contributed by atoms with Crippen LogP contribution in [0, 0.1) is 0 Å². The lowest BCUT2D eigenvalue weighted by Gasteiger charge is -2.50. The van der Waals surface area contributed by atoms with Gasteiger partial charge >= 0.3 is 17.8 Å². The molecule has 40 heavy (non-hydrogen) atoms. The standard InChI is InChI=1S/C24H28N6O9S/c1-4-27-9-10-28(20(37)19(27)36)29(12-32)16(13-5-7-14(33)8-6-13)17(34)26-24(22(38)39)23(2,3)40-21-15(25-11-31)18(35)30(21)24/h5-8,11-12,15-16,21,33H,4,9-10H2,1-3H3,(H,25,31)(H,26,34)(H,38,39)/t15-,16?,21+,24-/m0/s1. The Balaban J connectivity index is 1.76. The maximum Gasteiger partial charge on any atom is 0.352 e. The van der Waals surface area contributed by atoms with E-state index in [1.54, 1.807) is 6.92 Å². The molecule has 0 aliphatic carbocycles. The van der Waals surface area contributed by atoms with Crippen molar-refractivity contribution in [1.82, 2.24) is 30.5 Å². The smallest absolute Gasteiger partial charge is 0.352 e. The summed E-state index contributed by atoms with van der Waals surface area (Å²) in [6.07, 6.45) is 0.500. The third kappa shape index (κ3) is 4.18. The average Bonchev–Trinajstić information content (AvgIpc) is 3.12. The van der Waals surface area contributed by atoms with Crippen molar-refractivity contribution in [2.75, 3.05) is 19.6 Å². The Bertz CT molecular complexity index is 1270. The number of phenolic OH excluding ortho intramolecular Hbond substituents is 1. The van der Waals surface area contributed by atoms with E-state index in [9.17, 15) is 43.8 Å². The fourth-order valence-corrected chi connectivity index (χ4v) is 6.95. The Morgan fingerprint density at radius 3 is 2.35 bits per heavy atom. The topological polar surface area (TPSA) is 197 Å². The van der Waals surface area contributed by atoms with Gasteiger partial charge in [0, 0.05) is 13.1 Å². The fourth-order valence-electron chi connectivity index (χ4n) is 5.24. The number of carboxylic acids is 1. The number of carboxylic acid groups (broad SMARTS) is 1. The van der Waals surface area contributed by atoms with E-state index in [0.29, 0.717) is 11.4 Å². The summed E-state index contributed by atoms with van der Waals surface area (Å²) in [5.74, 6) is -5.49. The first kappa shape index (κ1) is 28.7. The van der Waals surface area contributed by atoms with Crippen molar-refractivity contribution in [3.8, 4) is 5.75 Å². The lowest BCUT2D eigenvalue weighted by molar-refractivity contribution is -0.181. The Labute approximate surface area is 232 Å². The van der Waals surface area contributed by atoms with E-state index >= 15 is 0 Å². The van der Waals surface area contributed by atoms with Crippen LogP contribution in [0.1, 0.15) is 32.4 Å². The molecule has 1 aromatic rings. The number of carbonyl (C=O) groups is 7. The van der Waals surface area contributed by atoms with Crippen LogP contribution < -0.4 is 10.6 Å². The van der Waals surface area contributed by atoms with Crippen LogP contribution in [-0.4, -0.2) is 114 Å². The molecule has 4 N–H and O–H groups in total. The molecule has 3 aliphatic heterocycles. The number of hydrogen-bond donors (Lipinski definition) is 4. The van der Waals surface area contributed by atoms with Crippen molar-refractivity contribution in [3.63, 3.8) is 0 Å². The van der Waals surface area contributed by atoms with E-state index in [4.69, 9.17) is 0 Å². The molecule has 3 aliphatic rings. The SMILES string of the molecule is CCN1CCN(N(C=O)C(C(=O)N[C@@]2(C(=O)O)N3C(=O)[C@H](NC=O)[C@H]3SC2(C)C)c2ccc(O)cc2)C(=O)C1=O. The number of nitrogens with one attached hydrogen (secondary N) is 2. The highest BCUT2D eigenvalue weighted by Gasteiger charge is 2.74. The van der Waals surface area contributed by atoms with Crippen LogP contribution in [0.15, 0.2) is 24.3 Å². The molecule has 0 aromatic heterocycles. The minimum Gasteiger partial charge on any atom is -0.508 e. The monoisotopic (exact) mass is 576 g/mol. The lowest BCUT2D eigenvalue weighted by atomic mass is 9.88. The minimum atomic E-state index is -2.32. The molecule has 214 valence electrons. The van der Waals surface area contributed by atoms with E-state index in [2.05, 4.69) is 10.6 Å². The Hall–Kier alpha value is -4.34. The molecular formula is C24H28N6O9S. The van der Waals surface area contributed by atoms with E-state index in [1.165, 1.54) is 43.0 Å². The van der Waals surface area contributed by atoms with Crippen LogP contribution >= 0.6 is 11.8 Å². The average molecular weight is 577 g/mol. The Kier molecular flexibility index (Phi) is 7.40. The molecule has 0 bridgehead atoms. The molecule has 3 fully saturated rings. The Morgan fingerprint density at radius 1 is 1.15 bits per heavy atom. The fraction of sp³-hybridized carbons (Fsp3) is 0.458. The van der Waals surface area contributed by atoms with Gasteiger partial charge in [0.15, 0.2) is 6.04 Å². The summed E-state index contributed by atoms with van der Waals surface area (Å²) in [5.41, 5.74) is -2.24. The number of fused-ring (bicyclic) bond motifs is 1. The normalized spacial score (nSPS) is 26.0. The molecule has 3 heterocycles. The second-order valence-electron chi connectivity index (χ2n) is 9.79. The molecule has 3 saturated heterocycles. The molecule has 15 nitrogen and oxygen atoms in total. The number of aromatic hydroxyl groups is 1. The zero-order valence-electron chi connectivity index (χ0n) is 21.8. The molecule has 4 rings (SSSR count). The van der Waals surface area contributed by atoms with Gasteiger partial charge in [-0.1, -0.05) is 12.1 Å². The summed E-state index contributed by atoms with van der Waals surface area (Å²) in [7, 11) is 0. The van der Waals surface area contributed by atoms with Gasteiger partial charge in [0.2, 0.25) is 18.5 Å². The van der Waals surface area contributed by atoms with E-state index in [-0.39, 0.29) is 37.4 Å². The lowest BCUT2D eigenvalue weighted by Crippen LogP contribution is -2.80. The largest absolute Gasteiger partial charge is 0.508 e. The predicted octanol–water partition coefficient (Wildman–Crippen LogP) is -1.80. The third-order valence-electron chi connectivity index (χ3n) is 7.33. The number of β-lactam (4-membered cyclic amide) rings is 1. The summed E-state index contributed by atoms with van der Waals surface area (Å²) in [6.45, 7) is 4.89. The Morgan fingerprint density at radius 2 is 1.80 bits per heavy atom. The van der Waals surface area contributed by atoms with Gasteiger partial charge < -0.3 is 25.7 Å². The molecular weight excluding hydrogens is 548 g/mol. The van der Waals surface area contributed by atoms with E-state index in [0.717, 1.165) is 21.7 Å². The summed E-state index contributed by atoms with van der Waals surface area (Å²) in [4.78, 5) is 91.0. The first-order chi connectivity index (χ1) is 18.9. The van der Waals surface area contributed by atoms with Crippen LogP contribution in [-0.2, 0) is 33.6 Å². The van der Waals surface area contributed by atoms with Gasteiger partial charge in [-0.05, 0) is 38.5 Å². The number of likely N-dealkylation sites (N-methyl/N-ethyl adjacent to an activating group) is 1. The van der Waals surface area contributed by atoms with Crippen LogP contribution in [0.5, 0.6) is 5.75 Å². The number of piperazine rings is 1.